The Bertz CT molecular complexity index is 1260. The lowest BCUT2D eigenvalue weighted by Crippen LogP contribution is -2.33. The van der Waals surface area contributed by atoms with Gasteiger partial charge in [0.25, 0.3) is 0 Å². The average molecular weight is 418 g/mol. The first-order valence-electron chi connectivity index (χ1n) is 9.78. The number of amides is 2. The van der Waals surface area contributed by atoms with Gasteiger partial charge in [-0.3, -0.25) is 4.84 Å². The second-order valence-electron chi connectivity index (χ2n) is 7.19. The predicted molar refractivity (Wildman–Crippen MR) is 113 cm³/mol. The van der Waals surface area contributed by atoms with E-state index in [4.69, 9.17) is 10.6 Å². The molecule has 4 aromatic rings. The van der Waals surface area contributed by atoms with Crippen molar-refractivity contribution in [3.8, 4) is 11.1 Å². The Morgan fingerprint density at radius 3 is 2.77 bits per heavy atom. The lowest BCUT2D eigenvalue weighted by Gasteiger charge is -2.23. The molecule has 156 valence electrons. The zero-order valence-corrected chi connectivity index (χ0v) is 16.4. The number of urea groups is 1. The lowest BCUT2D eigenvalue weighted by atomic mass is 10.1. The van der Waals surface area contributed by atoms with Crippen molar-refractivity contribution in [3.05, 3.63) is 78.2 Å². The molecule has 2 amide bonds. The number of carbonyl (C=O) groups excluding carboxylic acids is 1. The number of nitrogens with one attached hydrogen (secondary N) is 1. The third-order valence-electron chi connectivity index (χ3n) is 5.18. The molecule has 1 aliphatic heterocycles. The Balaban J connectivity index is 1.40. The van der Waals surface area contributed by atoms with E-state index in [2.05, 4.69) is 15.4 Å². The molecule has 0 bridgehead atoms. The van der Waals surface area contributed by atoms with E-state index in [0.717, 1.165) is 11.1 Å². The highest BCUT2D eigenvalue weighted by Gasteiger charge is 2.32. The Kier molecular flexibility index (Phi) is 4.72. The molecule has 0 aliphatic carbocycles. The summed E-state index contributed by atoms with van der Waals surface area (Å²) >= 11 is 0. The first-order valence-corrected chi connectivity index (χ1v) is 9.78. The fourth-order valence-corrected chi connectivity index (χ4v) is 3.69. The summed E-state index contributed by atoms with van der Waals surface area (Å²) in [5, 5.41) is 8.00. The molecule has 1 fully saturated rings. The Hall–Kier alpha value is -3.98. The molecule has 3 N–H and O–H groups in total. The van der Waals surface area contributed by atoms with Gasteiger partial charge in [0, 0.05) is 18.2 Å². The normalized spacial score (nSPS) is 16.0. The van der Waals surface area contributed by atoms with Crippen molar-refractivity contribution in [1.82, 2.24) is 19.7 Å². The Morgan fingerprint density at radius 2 is 1.94 bits per heavy atom. The largest absolute Gasteiger partial charge is 0.366 e. The molecule has 2 aromatic carbocycles. The second kappa shape index (κ2) is 7.69. The van der Waals surface area contributed by atoms with E-state index in [0.29, 0.717) is 24.2 Å². The van der Waals surface area contributed by atoms with Crippen molar-refractivity contribution in [1.29, 1.82) is 0 Å². The summed E-state index contributed by atoms with van der Waals surface area (Å²) in [6, 6.07) is 17.0. The second-order valence-corrected chi connectivity index (χ2v) is 7.19. The minimum atomic E-state index is -0.543. The number of carbonyl (C=O) groups is 1. The monoisotopic (exact) mass is 418 g/mol. The molecule has 9 heteroatoms. The molecule has 5 rings (SSSR count). The van der Waals surface area contributed by atoms with Crippen LogP contribution in [0.1, 0.15) is 18.0 Å². The molecule has 1 atom stereocenters. The van der Waals surface area contributed by atoms with Crippen LogP contribution in [-0.2, 0) is 4.84 Å². The molecular weight excluding hydrogens is 399 g/mol. The van der Waals surface area contributed by atoms with E-state index in [1.165, 1.54) is 11.1 Å². The van der Waals surface area contributed by atoms with Crippen LogP contribution in [0.5, 0.6) is 0 Å². The van der Waals surface area contributed by atoms with Gasteiger partial charge in [0.15, 0.2) is 5.65 Å². The number of hydroxylamine groups is 2. The molecule has 3 heterocycles. The van der Waals surface area contributed by atoms with Crippen LogP contribution >= 0.6 is 0 Å². The van der Waals surface area contributed by atoms with Gasteiger partial charge >= 0.3 is 6.03 Å². The van der Waals surface area contributed by atoms with Crippen LogP contribution in [0.2, 0.25) is 0 Å². The number of nitrogens with two attached hydrogens (primary N) is 1. The highest BCUT2D eigenvalue weighted by atomic mass is 19.1. The highest BCUT2D eigenvalue weighted by molar-refractivity contribution is 5.90. The topological polar surface area (TPSA) is 97.8 Å². The average Bonchev–Trinajstić information content (AvgIpc) is 3.41. The van der Waals surface area contributed by atoms with Gasteiger partial charge in [-0.05, 0) is 35.4 Å². The summed E-state index contributed by atoms with van der Waals surface area (Å²) in [7, 11) is 0. The van der Waals surface area contributed by atoms with Gasteiger partial charge in [0.1, 0.15) is 5.82 Å². The van der Waals surface area contributed by atoms with Crippen molar-refractivity contribution in [2.24, 2.45) is 0 Å². The number of benzene rings is 2. The number of rotatable bonds is 3. The van der Waals surface area contributed by atoms with Crippen molar-refractivity contribution >= 4 is 23.3 Å². The van der Waals surface area contributed by atoms with Crippen LogP contribution in [0.4, 0.5) is 20.8 Å². The molecule has 0 radical (unpaired) electrons. The number of aromatic nitrogens is 3. The molecule has 0 unspecified atom stereocenters. The van der Waals surface area contributed by atoms with Crippen LogP contribution in [-0.4, -0.2) is 32.3 Å². The third-order valence-corrected chi connectivity index (χ3v) is 5.18. The molecule has 0 saturated carbocycles. The third kappa shape index (κ3) is 3.66. The molecule has 1 saturated heterocycles. The maximum Gasteiger partial charge on any atom is 0.346 e. The van der Waals surface area contributed by atoms with Gasteiger partial charge in [-0.2, -0.15) is 10.0 Å². The van der Waals surface area contributed by atoms with Crippen LogP contribution in [0.3, 0.4) is 0 Å². The number of halogens is 1. The number of nitrogen functional groups attached to an aromatic ring is 1. The molecular formula is C22H19FN6O2. The number of nitrogens with zero attached hydrogens (tertiary/aromatic N) is 4. The van der Waals surface area contributed by atoms with Crippen molar-refractivity contribution < 1.29 is 14.0 Å². The van der Waals surface area contributed by atoms with E-state index < -0.39 is 11.8 Å². The first-order chi connectivity index (χ1) is 15.1. The Morgan fingerprint density at radius 1 is 1.13 bits per heavy atom. The van der Waals surface area contributed by atoms with Crippen LogP contribution in [0.15, 0.2) is 66.9 Å². The van der Waals surface area contributed by atoms with Crippen LogP contribution < -0.4 is 11.1 Å². The molecule has 31 heavy (non-hydrogen) atoms. The van der Waals surface area contributed by atoms with Crippen molar-refractivity contribution in [2.45, 2.75) is 12.5 Å². The fourth-order valence-electron chi connectivity index (χ4n) is 3.69. The van der Waals surface area contributed by atoms with Gasteiger partial charge in [-0.25, -0.2) is 13.7 Å². The summed E-state index contributed by atoms with van der Waals surface area (Å²) in [5.41, 5.74) is 8.74. The van der Waals surface area contributed by atoms with E-state index in [1.54, 1.807) is 28.9 Å². The number of hydrogen-bond donors (Lipinski definition) is 2. The minimum Gasteiger partial charge on any atom is -0.366 e. The number of hydrogen-bond acceptors (Lipinski definition) is 5. The van der Waals surface area contributed by atoms with E-state index in [1.807, 2.05) is 36.4 Å². The minimum absolute atomic E-state index is 0.0583. The highest BCUT2D eigenvalue weighted by Crippen LogP contribution is 2.31. The van der Waals surface area contributed by atoms with Gasteiger partial charge in [-0.15, -0.1) is 5.10 Å². The van der Waals surface area contributed by atoms with E-state index >= 15 is 0 Å². The van der Waals surface area contributed by atoms with Gasteiger partial charge in [0.05, 0.1) is 18.3 Å². The zero-order valence-electron chi connectivity index (χ0n) is 16.4. The van der Waals surface area contributed by atoms with Gasteiger partial charge in [0.2, 0.25) is 5.95 Å². The zero-order chi connectivity index (χ0) is 21.4. The standard InChI is InChI=1S/C22H19FN6O2/c23-17-8-6-15(16-7-9-20-26-21(24)27-28(20)13-16)12-18(17)25-22(30)29-19(10-11-31-29)14-4-2-1-3-5-14/h1-9,12-13,19H,10-11H2,(H2,24,27)(H,25,30)/t19-/m0/s1. The number of fused-ring (bicyclic) bond motifs is 1. The van der Waals surface area contributed by atoms with Crippen molar-refractivity contribution in [3.63, 3.8) is 0 Å². The molecule has 1 aliphatic rings. The summed E-state index contributed by atoms with van der Waals surface area (Å²) in [6.45, 7) is 0.413. The summed E-state index contributed by atoms with van der Waals surface area (Å²) in [6.07, 6.45) is 2.41. The number of pyridine rings is 1. The summed E-state index contributed by atoms with van der Waals surface area (Å²) in [5.74, 6) is -0.374. The predicted octanol–water partition coefficient (Wildman–Crippen LogP) is 4.03. The Labute approximate surface area is 177 Å². The van der Waals surface area contributed by atoms with Crippen LogP contribution in [0, 0.1) is 5.82 Å². The molecule has 0 spiro atoms. The van der Waals surface area contributed by atoms with Gasteiger partial charge in [-0.1, -0.05) is 36.4 Å². The molecule has 2 aromatic heterocycles. The molecule has 8 nitrogen and oxygen atoms in total. The van der Waals surface area contributed by atoms with Crippen molar-refractivity contribution in [2.75, 3.05) is 17.7 Å². The van der Waals surface area contributed by atoms with E-state index in [-0.39, 0.29) is 17.7 Å². The SMILES string of the molecule is Nc1nc2ccc(-c3ccc(F)c(NC(=O)N4OCC[C@H]4c4ccccc4)c3)cn2n1. The quantitative estimate of drug-likeness (QED) is 0.524. The van der Waals surface area contributed by atoms with Crippen LogP contribution in [0.25, 0.3) is 16.8 Å². The first kappa shape index (κ1) is 19.0. The van der Waals surface area contributed by atoms with Gasteiger partial charge < -0.3 is 11.1 Å². The smallest absolute Gasteiger partial charge is 0.346 e. The summed E-state index contributed by atoms with van der Waals surface area (Å²) in [4.78, 5) is 22.5. The lowest BCUT2D eigenvalue weighted by molar-refractivity contribution is -0.0830. The maximum absolute atomic E-state index is 14.5. The maximum atomic E-state index is 14.5. The summed E-state index contributed by atoms with van der Waals surface area (Å²) < 4.78 is 16.0. The fraction of sp³-hybridized carbons (Fsp3) is 0.136. The number of anilines is 2. The van der Waals surface area contributed by atoms with E-state index in [9.17, 15) is 9.18 Å².